The van der Waals surface area contributed by atoms with E-state index >= 15 is 0 Å². The topological polar surface area (TPSA) is 70.2 Å². The first-order valence-corrected chi connectivity index (χ1v) is 10.1. The Balaban J connectivity index is 1.68. The lowest BCUT2D eigenvalue weighted by Crippen LogP contribution is -2.35. The SMILES string of the molecule is CC(NC(=O)c1ccccc1NC(=S)NC(=O)c1cccc(Cl)c1)c1ccccc1. The molecule has 0 spiro atoms. The van der Waals surface area contributed by atoms with Gasteiger partial charge in [-0.2, -0.15) is 0 Å². The van der Waals surface area contributed by atoms with Gasteiger partial charge in [-0.3, -0.25) is 14.9 Å². The highest BCUT2D eigenvalue weighted by molar-refractivity contribution is 7.80. The molecule has 0 saturated heterocycles. The summed E-state index contributed by atoms with van der Waals surface area (Å²) in [5.74, 6) is -0.645. The Morgan fingerprint density at radius 1 is 0.900 bits per heavy atom. The van der Waals surface area contributed by atoms with Crippen LogP contribution < -0.4 is 16.0 Å². The standard InChI is InChI=1S/C23H20ClN3O2S/c1-15(16-8-3-2-4-9-16)25-22(29)19-12-5-6-13-20(19)26-23(30)27-21(28)17-10-7-11-18(24)14-17/h2-15H,1H3,(H,25,29)(H2,26,27,28,30). The molecule has 30 heavy (non-hydrogen) atoms. The van der Waals surface area contributed by atoms with Gasteiger partial charge in [0.15, 0.2) is 5.11 Å². The Morgan fingerprint density at radius 2 is 1.60 bits per heavy atom. The number of carbonyl (C=O) groups excluding carboxylic acids is 2. The second-order valence-corrected chi connectivity index (χ2v) is 7.41. The van der Waals surface area contributed by atoms with Gasteiger partial charge in [-0.05, 0) is 55.0 Å². The molecule has 5 nitrogen and oxygen atoms in total. The minimum Gasteiger partial charge on any atom is -0.345 e. The molecule has 0 aliphatic rings. The number of hydrogen-bond acceptors (Lipinski definition) is 3. The summed E-state index contributed by atoms with van der Waals surface area (Å²) in [4.78, 5) is 25.2. The van der Waals surface area contributed by atoms with E-state index in [-0.39, 0.29) is 17.1 Å². The lowest BCUT2D eigenvalue weighted by Gasteiger charge is -2.17. The third kappa shape index (κ3) is 5.65. The summed E-state index contributed by atoms with van der Waals surface area (Å²) in [5, 5.41) is 9.03. The van der Waals surface area contributed by atoms with Crippen molar-refractivity contribution in [2.75, 3.05) is 5.32 Å². The van der Waals surface area contributed by atoms with Crippen LogP contribution in [0.3, 0.4) is 0 Å². The Kier molecular flexibility index (Phi) is 7.17. The number of hydrogen-bond donors (Lipinski definition) is 3. The predicted octanol–water partition coefficient (Wildman–Crippen LogP) is 4.96. The van der Waals surface area contributed by atoms with E-state index in [0.717, 1.165) is 5.56 Å². The van der Waals surface area contributed by atoms with Crippen molar-refractivity contribution in [1.29, 1.82) is 0 Å². The molecular weight excluding hydrogens is 418 g/mol. The van der Waals surface area contributed by atoms with Crippen LogP contribution in [-0.4, -0.2) is 16.9 Å². The van der Waals surface area contributed by atoms with Crippen molar-refractivity contribution in [1.82, 2.24) is 10.6 Å². The molecular formula is C23H20ClN3O2S. The van der Waals surface area contributed by atoms with E-state index in [1.807, 2.05) is 37.3 Å². The van der Waals surface area contributed by atoms with Crippen molar-refractivity contribution >= 4 is 46.4 Å². The monoisotopic (exact) mass is 437 g/mol. The van der Waals surface area contributed by atoms with Crippen molar-refractivity contribution < 1.29 is 9.59 Å². The average molecular weight is 438 g/mol. The summed E-state index contributed by atoms with van der Waals surface area (Å²) in [5.41, 5.74) is 2.29. The molecule has 3 rings (SSSR count). The molecule has 1 unspecified atom stereocenters. The van der Waals surface area contributed by atoms with Gasteiger partial charge in [-0.25, -0.2) is 0 Å². The van der Waals surface area contributed by atoms with Crippen molar-refractivity contribution in [3.63, 3.8) is 0 Å². The van der Waals surface area contributed by atoms with Gasteiger partial charge in [0, 0.05) is 10.6 Å². The number of benzene rings is 3. The second-order valence-electron chi connectivity index (χ2n) is 6.57. The summed E-state index contributed by atoms with van der Waals surface area (Å²) < 4.78 is 0. The van der Waals surface area contributed by atoms with Crippen LogP contribution in [0.15, 0.2) is 78.9 Å². The molecule has 2 amide bonds. The van der Waals surface area contributed by atoms with Crippen LogP contribution in [0.5, 0.6) is 0 Å². The minimum atomic E-state index is -0.394. The quantitative estimate of drug-likeness (QED) is 0.493. The zero-order valence-electron chi connectivity index (χ0n) is 16.2. The smallest absolute Gasteiger partial charge is 0.257 e. The summed E-state index contributed by atoms with van der Waals surface area (Å²) >= 11 is 11.2. The van der Waals surface area contributed by atoms with E-state index in [2.05, 4.69) is 16.0 Å². The number of nitrogens with one attached hydrogen (secondary N) is 3. The first kappa shape index (κ1) is 21.5. The van der Waals surface area contributed by atoms with E-state index in [0.29, 0.717) is 21.8 Å². The number of para-hydroxylation sites is 1. The summed E-state index contributed by atoms with van der Waals surface area (Å²) in [6.45, 7) is 1.92. The fourth-order valence-corrected chi connectivity index (χ4v) is 3.24. The molecule has 3 N–H and O–H groups in total. The Hall–Kier alpha value is -3.22. The van der Waals surface area contributed by atoms with Gasteiger partial charge in [0.05, 0.1) is 17.3 Å². The molecule has 0 aliphatic heterocycles. The molecule has 1 atom stereocenters. The van der Waals surface area contributed by atoms with Crippen LogP contribution in [0.1, 0.15) is 39.2 Å². The normalized spacial score (nSPS) is 11.3. The fraction of sp³-hybridized carbons (Fsp3) is 0.0870. The van der Waals surface area contributed by atoms with Crippen molar-refractivity contribution in [3.8, 4) is 0 Å². The summed E-state index contributed by atoms with van der Waals surface area (Å²) in [7, 11) is 0. The molecule has 0 bridgehead atoms. The maximum absolute atomic E-state index is 12.8. The molecule has 7 heteroatoms. The van der Waals surface area contributed by atoms with E-state index in [1.54, 1.807) is 48.5 Å². The van der Waals surface area contributed by atoms with E-state index in [9.17, 15) is 9.59 Å². The zero-order valence-corrected chi connectivity index (χ0v) is 17.8. The van der Waals surface area contributed by atoms with Crippen molar-refractivity contribution in [2.24, 2.45) is 0 Å². The first-order valence-electron chi connectivity index (χ1n) is 9.27. The van der Waals surface area contributed by atoms with Crippen LogP contribution >= 0.6 is 23.8 Å². The predicted molar refractivity (Wildman–Crippen MR) is 124 cm³/mol. The van der Waals surface area contributed by atoms with Crippen LogP contribution in [0, 0.1) is 0 Å². The Morgan fingerprint density at radius 3 is 2.33 bits per heavy atom. The third-order valence-corrected chi connectivity index (χ3v) is 4.82. The van der Waals surface area contributed by atoms with Gasteiger partial charge in [0.2, 0.25) is 0 Å². The number of halogens is 1. The van der Waals surface area contributed by atoms with Crippen LogP contribution in [0.2, 0.25) is 5.02 Å². The maximum atomic E-state index is 12.8. The number of thiocarbonyl (C=S) groups is 1. The van der Waals surface area contributed by atoms with Crippen molar-refractivity contribution in [3.05, 3.63) is 101 Å². The lowest BCUT2D eigenvalue weighted by atomic mass is 10.1. The number of rotatable bonds is 5. The zero-order chi connectivity index (χ0) is 21.5. The summed E-state index contributed by atoms with van der Waals surface area (Å²) in [6.07, 6.45) is 0. The van der Waals surface area contributed by atoms with Gasteiger partial charge in [-0.15, -0.1) is 0 Å². The first-order chi connectivity index (χ1) is 14.4. The highest BCUT2D eigenvalue weighted by Crippen LogP contribution is 2.18. The third-order valence-electron chi connectivity index (χ3n) is 4.38. The molecule has 0 aromatic heterocycles. The molecule has 0 fully saturated rings. The molecule has 0 radical (unpaired) electrons. The van der Waals surface area contributed by atoms with E-state index in [4.69, 9.17) is 23.8 Å². The Bertz CT molecular complexity index is 1070. The minimum absolute atomic E-state index is 0.0799. The molecule has 0 saturated carbocycles. The molecule has 0 heterocycles. The maximum Gasteiger partial charge on any atom is 0.257 e. The van der Waals surface area contributed by atoms with Gasteiger partial charge in [0.1, 0.15) is 0 Å². The van der Waals surface area contributed by atoms with Crippen molar-refractivity contribution in [2.45, 2.75) is 13.0 Å². The number of anilines is 1. The van der Waals surface area contributed by atoms with E-state index < -0.39 is 5.91 Å². The average Bonchev–Trinajstić information content (AvgIpc) is 2.74. The highest BCUT2D eigenvalue weighted by atomic mass is 35.5. The largest absolute Gasteiger partial charge is 0.345 e. The van der Waals surface area contributed by atoms with Gasteiger partial charge in [0.25, 0.3) is 11.8 Å². The molecule has 3 aromatic carbocycles. The lowest BCUT2D eigenvalue weighted by molar-refractivity contribution is 0.0939. The summed E-state index contributed by atoms with van der Waals surface area (Å²) in [6, 6.07) is 23.0. The number of amides is 2. The van der Waals surface area contributed by atoms with Gasteiger partial charge >= 0.3 is 0 Å². The molecule has 0 aliphatic carbocycles. The van der Waals surface area contributed by atoms with Crippen LogP contribution in [-0.2, 0) is 0 Å². The van der Waals surface area contributed by atoms with E-state index in [1.165, 1.54) is 0 Å². The second kappa shape index (κ2) is 10.0. The van der Waals surface area contributed by atoms with Gasteiger partial charge in [-0.1, -0.05) is 60.1 Å². The Labute approximate surface area is 185 Å². The highest BCUT2D eigenvalue weighted by Gasteiger charge is 2.16. The molecule has 3 aromatic rings. The fourth-order valence-electron chi connectivity index (χ4n) is 2.85. The molecule has 152 valence electrons. The number of carbonyl (C=O) groups is 2. The van der Waals surface area contributed by atoms with Crippen LogP contribution in [0.4, 0.5) is 5.69 Å². The van der Waals surface area contributed by atoms with Gasteiger partial charge < -0.3 is 10.6 Å². The van der Waals surface area contributed by atoms with Crippen LogP contribution in [0.25, 0.3) is 0 Å².